The molecule has 2 heterocycles. The summed E-state index contributed by atoms with van der Waals surface area (Å²) >= 11 is 0. The van der Waals surface area contributed by atoms with Gasteiger partial charge in [0.2, 0.25) is 5.88 Å². The number of rotatable bonds is 4. The second-order valence-electron chi connectivity index (χ2n) is 6.36. The van der Waals surface area contributed by atoms with Crippen molar-refractivity contribution in [3.8, 4) is 11.6 Å². The molecule has 4 rings (SSSR count). The molecule has 3 aromatic rings. The number of nitrogens with zero attached hydrogens (tertiary/aromatic N) is 3. The summed E-state index contributed by atoms with van der Waals surface area (Å²) in [6.45, 7) is 0.890. The van der Waals surface area contributed by atoms with Crippen LogP contribution in [0, 0.1) is 11.6 Å². The molecule has 1 N–H and O–H groups in total. The van der Waals surface area contributed by atoms with E-state index in [1.54, 1.807) is 24.3 Å². The number of para-hydroxylation sites is 1. The maximum atomic E-state index is 14.2. The zero-order valence-corrected chi connectivity index (χ0v) is 14.7. The minimum Gasteiger partial charge on any atom is -0.473 e. The van der Waals surface area contributed by atoms with Gasteiger partial charge in [-0.05, 0) is 24.3 Å². The number of benzene rings is 2. The lowest BCUT2D eigenvalue weighted by Gasteiger charge is -2.30. The van der Waals surface area contributed by atoms with Crippen molar-refractivity contribution in [3.63, 3.8) is 0 Å². The van der Waals surface area contributed by atoms with Crippen LogP contribution in [0.1, 0.15) is 0 Å². The molecular formula is C19H17F2N3O4. The highest BCUT2D eigenvalue weighted by Gasteiger charge is 2.25. The van der Waals surface area contributed by atoms with E-state index < -0.39 is 23.8 Å². The van der Waals surface area contributed by atoms with Crippen LogP contribution in [0.25, 0.3) is 16.6 Å². The fourth-order valence-electron chi connectivity index (χ4n) is 3.15. The van der Waals surface area contributed by atoms with Crippen LogP contribution in [0.4, 0.5) is 13.6 Å². The molecule has 9 heteroatoms. The second-order valence-corrected chi connectivity index (χ2v) is 6.36. The molecule has 1 aromatic heterocycles. The van der Waals surface area contributed by atoms with Gasteiger partial charge in [0.25, 0.3) is 0 Å². The van der Waals surface area contributed by atoms with Gasteiger partial charge in [-0.3, -0.25) is 0 Å². The molecule has 1 aliphatic heterocycles. The van der Waals surface area contributed by atoms with Crippen molar-refractivity contribution in [2.24, 2.45) is 0 Å². The van der Waals surface area contributed by atoms with Crippen LogP contribution in [0.15, 0.2) is 42.5 Å². The third kappa shape index (κ3) is 3.48. The van der Waals surface area contributed by atoms with Crippen molar-refractivity contribution < 1.29 is 28.2 Å². The Labute approximate surface area is 158 Å². The SMILES string of the molecule is O=C(O)N1CCOC(COc2nn(-c3ccc(F)cc3F)c3ccccc23)C1. The molecule has 0 spiro atoms. The fraction of sp³-hybridized carbons (Fsp3) is 0.263. The maximum Gasteiger partial charge on any atom is 0.407 e. The highest BCUT2D eigenvalue weighted by Crippen LogP contribution is 2.28. The van der Waals surface area contributed by atoms with Crippen molar-refractivity contribution in [2.45, 2.75) is 6.10 Å². The van der Waals surface area contributed by atoms with Gasteiger partial charge in [-0.1, -0.05) is 12.1 Å². The number of ether oxygens (including phenoxy) is 2. The Morgan fingerprint density at radius 2 is 2.11 bits per heavy atom. The predicted molar refractivity (Wildman–Crippen MR) is 95.8 cm³/mol. The third-order valence-corrected chi connectivity index (χ3v) is 4.51. The number of amides is 1. The summed E-state index contributed by atoms with van der Waals surface area (Å²) in [6, 6.07) is 10.4. The summed E-state index contributed by atoms with van der Waals surface area (Å²) in [7, 11) is 0. The third-order valence-electron chi connectivity index (χ3n) is 4.51. The molecule has 0 bridgehead atoms. The van der Waals surface area contributed by atoms with Crippen LogP contribution in [-0.2, 0) is 4.74 Å². The molecule has 1 fully saturated rings. The Morgan fingerprint density at radius 1 is 1.29 bits per heavy atom. The lowest BCUT2D eigenvalue weighted by molar-refractivity contribution is -0.0416. The van der Waals surface area contributed by atoms with Crippen molar-refractivity contribution >= 4 is 17.0 Å². The molecule has 1 atom stereocenters. The molecule has 146 valence electrons. The molecule has 0 aliphatic carbocycles. The lowest BCUT2D eigenvalue weighted by atomic mass is 10.2. The van der Waals surface area contributed by atoms with Crippen molar-refractivity contribution in [3.05, 3.63) is 54.1 Å². The normalized spacial score (nSPS) is 17.1. The lowest BCUT2D eigenvalue weighted by Crippen LogP contribution is -2.47. The number of carbonyl (C=O) groups is 1. The van der Waals surface area contributed by atoms with Gasteiger partial charge in [-0.15, -0.1) is 5.10 Å². The standard InChI is InChI=1S/C19H17F2N3O4/c20-12-5-6-17(15(21)9-12)24-16-4-2-1-3-14(16)18(22-24)28-11-13-10-23(19(25)26)7-8-27-13/h1-6,9,13H,7-8,10-11H2,(H,25,26). The first kappa shape index (κ1) is 18.2. The van der Waals surface area contributed by atoms with Crippen molar-refractivity contribution in [2.75, 3.05) is 26.3 Å². The van der Waals surface area contributed by atoms with E-state index in [1.165, 1.54) is 15.6 Å². The zero-order chi connectivity index (χ0) is 19.7. The Morgan fingerprint density at radius 3 is 2.89 bits per heavy atom. The topological polar surface area (TPSA) is 76.8 Å². The molecule has 1 amide bonds. The first-order valence-electron chi connectivity index (χ1n) is 8.68. The molecular weight excluding hydrogens is 372 g/mol. The van der Waals surface area contributed by atoms with E-state index in [2.05, 4.69) is 5.10 Å². The minimum atomic E-state index is -1.00. The van der Waals surface area contributed by atoms with E-state index in [4.69, 9.17) is 14.6 Å². The summed E-state index contributed by atoms with van der Waals surface area (Å²) in [5.41, 5.74) is 0.693. The quantitative estimate of drug-likeness (QED) is 0.742. The smallest absolute Gasteiger partial charge is 0.407 e. The van der Waals surface area contributed by atoms with Gasteiger partial charge >= 0.3 is 6.09 Å². The number of hydrogen-bond donors (Lipinski definition) is 1. The Kier molecular flexibility index (Phi) is 4.82. The summed E-state index contributed by atoms with van der Waals surface area (Å²) in [5.74, 6) is -1.16. The zero-order valence-electron chi connectivity index (χ0n) is 14.7. The number of hydrogen-bond acceptors (Lipinski definition) is 4. The van der Waals surface area contributed by atoms with Gasteiger partial charge in [0, 0.05) is 12.6 Å². The molecule has 0 radical (unpaired) electrons. The largest absolute Gasteiger partial charge is 0.473 e. The van der Waals surface area contributed by atoms with Crippen LogP contribution in [0.5, 0.6) is 5.88 Å². The van der Waals surface area contributed by atoms with Gasteiger partial charge in [0.05, 0.1) is 24.1 Å². The number of fused-ring (bicyclic) bond motifs is 1. The number of aromatic nitrogens is 2. The van der Waals surface area contributed by atoms with E-state index in [0.29, 0.717) is 17.4 Å². The van der Waals surface area contributed by atoms with Crippen LogP contribution in [-0.4, -0.2) is 58.3 Å². The van der Waals surface area contributed by atoms with Gasteiger partial charge in [0.1, 0.15) is 24.2 Å². The fourth-order valence-corrected chi connectivity index (χ4v) is 3.15. The summed E-state index contributed by atoms with van der Waals surface area (Å²) in [4.78, 5) is 12.4. The van der Waals surface area contributed by atoms with Crippen molar-refractivity contribution in [1.29, 1.82) is 0 Å². The molecule has 1 unspecified atom stereocenters. The molecule has 7 nitrogen and oxygen atoms in total. The second kappa shape index (κ2) is 7.43. The molecule has 28 heavy (non-hydrogen) atoms. The number of carboxylic acid groups (broad SMARTS) is 1. The highest BCUT2D eigenvalue weighted by atomic mass is 19.1. The summed E-state index contributed by atoms with van der Waals surface area (Å²) < 4.78 is 40.2. The number of halogens is 2. The van der Waals surface area contributed by atoms with Crippen molar-refractivity contribution in [1.82, 2.24) is 14.7 Å². The molecule has 2 aromatic carbocycles. The highest BCUT2D eigenvalue weighted by molar-refractivity contribution is 5.86. The average molecular weight is 389 g/mol. The first-order chi connectivity index (χ1) is 13.5. The maximum absolute atomic E-state index is 14.2. The van der Waals surface area contributed by atoms with E-state index in [0.717, 1.165) is 12.1 Å². The van der Waals surface area contributed by atoms with Crippen LogP contribution in [0.3, 0.4) is 0 Å². The molecule has 1 aliphatic rings. The van der Waals surface area contributed by atoms with E-state index in [1.807, 2.05) is 0 Å². The monoisotopic (exact) mass is 389 g/mol. The number of morpholine rings is 1. The van der Waals surface area contributed by atoms with E-state index >= 15 is 0 Å². The predicted octanol–water partition coefficient (Wildman–Crippen LogP) is 3.06. The molecule has 1 saturated heterocycles. The Bertz CT molecular complexity index is 1020. The minimum absolute atomic E-state index is 0.0939. The summed E-state index contributed by atoms with van der Waals surface area (Å²) in [5, 5.41) is 14.1. The van der Waals surface area contributed by atoms with Crippen LogP contribution >= 0.6 is 0 Å². The van der Waals surface area contributed by atoms with Crippen LogP contribution < -0.4 is 4.74 Å². The van der Waals surface area contributed by atoms with Crippen LogP contribution in [0.2, 0.25) is 0 Å². The van der Waals surface area contributed by atoms with Gasteiger partial charge in [-0.25, -0.2) is 18.3 Å². The van der Waals surface area contributed by atoms with Gasteiger partial charge in [-0.2, -0.15) is 0 Å². The van der Waals surface area contributed by atoms with E-state index in [-0.39, 0.29) is 31.3 Å². The molecule has 0 saturated carbocycles. The first-order valence-corrected chi connectivity index (χ1v) is 8.68. The van der Waals surface area contributed by atoms with Gasteiger partial charge in [0.15, 0.2) is 5.82 Å². The Hall–Kier alpha value is -3.20. The van der Waals surface area contributed by atoms with E-state index in [9.17, 15) is 13.6 Å². The van der Waals surface area contributed by atoms with Gasteiger partial charge < -0.3 is 19.5 Å². The summed E-state index contributed by atoms with van der Waals surface area (Å²) in [6.07, 6.45) is -1.44. The Balaban J connectivity index is 1.61. The average Bonchev–Trinajstić information content (AvgIpc) is 3.05.